The van der Waals surface area contributed by atoms with Crippen molar-refractivity contribution in [1.82, 2.24) is 5.32 Å². The second kappa shape index (κ2) is 10.3. The van der Waals surface area contributed by atoms with Gasteiger partial charge in [0.15, 0.2) is 0 Å². The Morgan fingerprint density at radius 2 is 1.81 bits per heavy atom. The van der Waals surface area contributed by atoms with Crippen molar-refractivity contribution >= 4 is 23.5 Å². The molecule has 0 aliphatic heterocycles. The van der Waals surface area contributed by atoms with Gasteiger partial charge >= 0.3 is 6.03 Å². The quantitative estimate of drug-likeness (QED) is 0.516. The molecule has 3 rings (SSSR count). The molecule has 5 nitrogen and oxygen atoms in total. The molecule has 0 radical (unpaired) electrons. The summed E-state index contributed by atoms with van der Waals surface area (Å²) in [6, 6.07) is 20.9. The van der Waals surface area contributed by atoms with E-state index in [2.05, 4.69) is 10.6 Å². The van der Waals surface area contributed by atoms with E-state index in [0.717, 1.165) is 34.3 Å². The number of urea groups is 1. The molecule has 0 unspecified atom stereocenters. The maximum atomic E-state index is 11.9. The number of benzene rings is 2. The molecule has 2 amide bonds. The van der Waals surface area contributed by atoms with Crippen LogP contribution < -0.4 is 15.4 Å². The summed E-state index contributed by atoms with van der Waals surface area (Å²) in [5.41, 5.74) is 1.84. The first-order chi connectivity index (χ1) is 13.3. The van der Waals surface area contributed by atoms with E-state index < -0.39 is 0 Å². The lowest BCUT2D eigenvalue weighted by molar-refractivity contribution is 0.252. The topological polar surface area (TPSA) is 63.5 Å². The summed E-state index contributed by atoms with van der Waals surface area (Å²) >= 11 is 1.71. The van der Waals surface area contributed by atoms with E-state index in [1.165, 1.54) is 0 Å². The Morgan fingerprint density at radius 3 is 2.56 bits per heavy atom. The standard InChI is InChI=1S/C21H22N2O3S/c24-21(22-12-14-27-16-20-7-4-13-25-20)23-18-8-10-19(11-9-18)26-15-17-5-2-1-3-6-17/h1-11,13H,12,14-16H2,(H2,22,23,24). The zero-order chi connectivity index (χ0) is 18.7. The van der Waals surface area contributed by atoms with Gasteiger partial charge in [0.05, 0.1) is 12.0 Å². The molecule has 0 atom stereocenters. The monoisotopic (exact) mass is 382 g/mol. The Balaban J connectivity index is 1.33. The molecule has 0 aliphatic carbocycles. The number of carbonyl (C=O) groups is 1. The van der Waals surface area contributed by atoms with Gasteiger partial charge in [0.1, 0.15) is 18.1 Å². The Kier molecular flexibility index (Phi) is 7.24. The van der Waals surface area contributed by atoms with E-state index >= 15 is 0 Å². The third-order valence-electron chi connectivity index (χ3n) is 3.72. The minimum Gasteiger partial charge on any atom is -0.489 e. The van der Waals surface area contributed by atoms with Gasteiger partial charge in [0, 0.05) is 18.0 Å². The predicted molar refractivity (Wildman–Crippen MR) is 109 cm³/mol. The second-order valence-electron chi connectivity index (χ2n) is 5.81. The van der Waals surface area contributed by atoms with Crippen LogP contribution in [0.1, 0.15) is 11.3 Å². The fourth-order valence-corrected chi connectivity index (χ4v) is 3.11. The number of thioether (sulfide) groups is 1. The molecule has 27 heavy (non-hydrogen) atoms. The van der Waals surface area contributed by atoms with Crippen LogP contribution >= 0.6 is 11.8 Å². The number of rotatable bonds is 9. The number of hydrogen-bond acceptors (Lipinski definition) is 4. The third kappa shape index (κ3) is 6.75. The van der Waals surface area contributed by atoms with Gasteiger partial charge in [-0.2, -0.15) is 11.8 Å². The Labute approximate surface area is 163 Å². The van der Waals surface area contributed by atoms with Crippen LogP contribution in [-0.2, 0) is 12.4 Å². The van der Waals surface area contributed by atoms with Crippen molar-refractivity contribution < 1.29 is 13.9 Å². The third-order valence-corrected chi connectivity index (χ3v) is 4.70. The van der Waals surface area contributed by atoms with Crippen molar-refractivity contribution in [2.75, 3.05) is 17.6 Å². The van der Waals surface area contributed by atoms with Crippen molar-refractivity contribution in [3.63, 3.8) is 0 Å². The van der Waals surface area contributed by atoms with Crippen LogP contribution in [0.3, 0.4) is 0 Å². The van der Waals surface area contributed by atoms with Gasteiger partial charge in [-0.3, -0.25) is 0 Å². The maximum Gasteiger partial charge on any atom is 0.319 e. The molecule has 1 heterocycles. The second-order valence-corrected chi connectivity index (χ2v) is 6.92. The fraction of sp³-hybridized carbons (Fsp3) is 0.190. The first-order valence-electron chi connectivity index (χ1n) is 8.71. The molecule has 0 fully saturated rings. The summed E-state index contributed by atoms with van der Waals surface area (Å²) in [6.45, 7) is 1.11. The van der Waals surface area contributed by atoms with Crippen molar-refractivity contribution in [2.45, 2.75) is 12.4 Å². The summed E-state index contributed by atoms with van der Waals surface area (Å²) in [7, 11) is 0. The first kappa shape index (κ1) is 18.9. The smallest absolute Gasteiger partial charge is 0.319 e. The summed E-state index contributed by atoms with van der Waals surface area (Å²) in [6.07, 6.45) is 1.67. The van der Waals surface area contributed by atoms with Crippen LogP contribution in [0.4, 0.5) is 10.5 Å². The number of nitrogens with one attached hydrogen (secondary N) is 2. The average molecular weight is 382 g/mol. The number of amides is 2. The van der Waals surface area contributed by atoms with Crippen LogP contribution in [-0.4, -0.2) is 18.3 Å². The predicted octanol–water partition coefficient (Wildman–Crippen LogP) is 4.91. The lowest BCUT2D eigenvalue weighted by atomic mass is 10.2. The summed E-state index contributed by atoms with van der Waals surface area (Å²) < 4.78 is 11.0. The van der Waals surface area contributed by atoms with Gasteiger partial charge < -0.3 is 19.8 Å². The lowest BCUT2D eigenvalue weighted by Gasteiger charge is -2.09. The summed E-state index contributed by atoms with van der Waals surface area (Å²) in [5.74, 6) is 3.33. The van der Waals surface area contributed by atoms with Gasteiger partial charge in [0.2, 0.25) is 0 Å². The highest BCUT2D eigenvalue weighted by Crippen LogP contribution is 2.17. The molecular weight excluding hydrogens is 360 g/mol. The molecular formula is C21H22N2O3S. The maximum absolute atomic E-state index is 11.9. The van der Waals surface area contributed by atoms with Crippen LogP contribution in [0.25, 0.3) is 0 Å². The molecule has 0 bridgehead atoms. The fourth-order valence-electron chi connectivity index (χ4n) is 2.35. The highest BCUT2D eigenvalue weighted by molar-refractivity contribution is 7.98. The molecule has 0 saturated carbocycles. The van der Waals surface area contributed by atoms with Gasteiger partial charge in [-0.25, -0.2) is 4.79 Å². The van der Waals surface area contributed by atoms with Crippen molar-refractivity contribution in [1.29, 1.82) is 0 Å². The Hall–Kier alpha value is -2.86. The van der Waals surface area contributed by atoms with Gasteiger partial charge in [-0.05, 0) is 42.0 Å². The molecule has 3 aromatic rings. The number of ether oxygens (including phenoxy) is 1. The van der Waals surface area contributed by atoms with Crippen molar-refractivity contribution in [3.05, 3.63) is 84.3 Å². The van der Waals surface area contributed by atoms with Crippen LogP contribution in [0.5, 0.6) is 5.75 Å². The van der Waals surface area contributed by atoms with Crippen molar-refractivity contribution in [3.8, 4) is 5.75 Å². The normalized spacial score (nSPS) is 10.4. The lowest BCUT2D eigenvalue weighted by Crippen LogP contribution is -2.30. The highest BCUT2D eigenvalue weighted by atomic mass is 32.2. The minimum absolute atomic E-state index is 0.216. The van der Waals surface area contributed by atoms with Gasteiger partial charge in [-0.1, -0.05) is 30.3 Å². The molecule has 1 aromatic heterocycles. The molecule has 6 heteroatoms. The van der Waals surface area contributed by atoms with E-state index in [0.29, 0.717) is 13.2 Å². The van der Waals surface area contributed by atoms with Crippen LogP contribution in [0, 0.1) is 0 Å². The van der Waals surface area contributed by atoms with Crippen molar-refractivity contribution in [2.24, 2.45) is 0 Å². The van der Waals surface area contributed by atoms with Gasteiger partial charge in [0.25, 0.3) is 0 Å². The molecule has 0 spiro atoms. The van der Waals surface area contributed by atoms with Gasteiger partial charge in [-0.15, -0.1) is 0 Å². The Morgan fingerprint density at radius 1 is 1.00 bits per heavy atom. The largest absolute Gasteiger partial charge is 0.489 e. The van der Waals surface area contributed by atoms with Crippen LogP contribution in [0.2, 0.25) is 0 Å². The zero-order valence-electron chi connectivity index (χ0n) is 14.9. The van der Waals surface area contributed by atoms with Crippen LogP contribution in [0.15, 0.2) is 77.4 Å². The Bertz CT molecular complexity index is 805. The van der Waals surface area contributed by atoms with E-state index in [4.69, 9.17) is 9.15 Å². The van der Waals surface area contributed by atoms with E-state index in [1.54, 1.807) is 18.0 Å². The molecule has 140 valence electrons. The molecule has 2 N–H and O–H groups in total. The SMILES string of the molecule is O=C(NCCSCc1ccco1)Nc1ccc(OCc2ccccc2)cc1. The number of anilines is 1. The molecule has 2 aromatic carbocycles. The average Bonchev–Trinajstić information content (AvgIpc) is 3.21. The molecule has 0 saturated heterocycles. The number of carbonyl (C=O) groups excluding carboxylic acids is 1. The highest BCUT2D eigenvalue weighted by Gasteiger charge is 2.02. The van der Waals surface area contributed by atoms with E-state index in [9.17, 15) is 4.79 Å². The zero-order valence-corrected chi connectivity index (χ0v) is 15.7. The summed E-state index contributed by atoms with van der Waals surface area (Å²) in [5, 5.41) is 5.65. The van der Waals surface area contributed by atoms with E-state index in [-0.39, 0.29) is 6.03 Å². The first-order valence-corrected chi connectivity index (χ1v) is 9.87. The summed E-state index contributed by atoms with van der Waals surface area (Å²) in [4.78, 5) is 11.9. The van der Waals surface area contributed by atoms with E-state index in [1.807, 2.05) is 66.7 Å². The number of furan rings is 1. The minimum atomic E-state index is -0.216. The number of hydrogen-bond donors (Lipinski definition) is 2. The molecule has 0 aliphatic rings.